The topological polar surface area (TPSA) is 110 Å². The molecular weight excluding hydrogens is 402 g/mol. The highest BCUT2D eigenvalue weighted by Gasteiger charge is 2.21. The quantitative estimate of drug-likeness (QED) is 0.376. The molecule has 0 bridgehead atoms. The van der Waals surface area contributed by atoms with E-state index in [2.05, 4.69) is 5.32 Å². The number of hydrogen-bond donors (Lipinski definition) is 1. The summed E-state index contributed by atoms with van der Waals surface area (Å²) in [5.41, 5.74) is 0.487. The number of nitrogens with one attached hydrogen (secondary N) is 1. The second kappa shape index (κ2) is 9.67. The number of nitrogens with zero attached hydrogens (tertiary/aromatic N) is 2. The molecule has 150 valence electrons. The number of sulfonamides is 1. The first kappa shape index (κ1) is 21.9. The highest BCUT2D eigenvalue weighted by atomic mass is 32.2. The van der Waals surface area contributed by atoms with E-state index in [1.807, 2.05) is 0 Å². The van der Waals surface area contributed by atoms with Crippen molar-refractivity contribution in [3.05, 3.63) is 58.6 Å². The van der Waals surface area contributed by atoms with E-state index in [9.17, 15) is 23.3 Å². The molecule has 0 aromatic heterocycles. The van der Waals surface area contributed by atoms with Gasteiger partial charge in [0, 0.05) is 35.8 Å². The van der Waals surface area contributed by atoms with Crippen LogP contribution in [0.3, 0.4) is 0 Å². The maximum Gasteiger partial charge on any atom is 0.269 e. The minimum atomic E-state index is -3.53. The maximum atomic E-state index is 12.4. The number of hydrogen-bond acceptors (Lipinski definition) is 6. The fraction of sp³-hybridized carbons (Fsp3) is 0.278. The van der Waals surface area contributed by atoms with Gasteiger partial charge in [-0.15, -0.1) is 11.8 Å². The van der Waals surface area contributed by atoms with Crippen LogP contribution >= 0.6 is 11.8 Å². The number of nitro groups is 1. The number of thioether (sulfide) groups is 1. The number of non-ortho nitro benzene ring substituents is 1. The fourth-order valence-corrected chi connectivity index (χ4v) is 4.59. The zero-order chi connectivity index (χ0) is 20.7. The van der Waals surface area contributed by atoms with Crippen molar-refractivity contribution >= 4 is 39.1 Å². The van der Waals surface area contributed by atoms with Crippen LogP contribution in [0.25, 0.3) is 0 Å². The normalized spacial score (nSPS) is 11.4. The maximum absolute atomic E-state index is 12.4. The summed E-state index contributed by atoms with van der Waals surface area (Å²) < 4.78 is 26.3. The van der Waals surface area contributed by atoms with E-state index in [4.69, 9.17) is 0 Å². The summed E-state index contributed by atoms with van der Waals surface area (Å²) in [6.45, 7) is 4.32. The molecule has 1 N–H and O–H groups in total. The van der Waals surface area contributed by atoms with Gasteiger partial charge in [0.1, 0.15) is 0 Å². The predicted molar refractivity (Wildman–Crippen MR) is 109 cm³/mol. The van der Waals surface area contributed by atoms with Gasteiger partial charge in [-0.2, -0.15) is 4.31 Å². The molecule has 1 amide bonds. The van der Waals surface area contributed by atoms with Gasteiger partial charge in [-0.1, -0.05) is 13.8 Å². The molecule has 0 aliphatic rings. The van der Waals surface area contributed by atoms with E-state index in [-0.39, 0.29) is 22.2 Å². The molecule has 0 saturated heterocycles. The van der Waals surface area contributed by atoms with Crippen LogP contribution in [-0.4, -0.2) is 42.4 Å². The molecule has 2 aromatic rings. The van der Waals surface area contributed by atoms with Gasteiger partial charge in [0.05, 0.1) is 15.6 Å². The fourth-order valence-electron chi connectivity index (χ4n) is 2.43. The average molecular weight is 424 g/mol. The summed E-state index contributed by atoms with van der Waals surface area (Å²) in [7, 11) is -3.53. The summed E-state index contributed by atoms with van der Waals surface area (Å²) in [5, 5.41) is 13.3. The Morgan fingerprint density at radius 1 is 1.07 bits per heavy atom. The number of amides is 1. The van der Waals surface area contributed by atoms with Gasteiger partial charge in [-0.05, 0) is 36.4 Å². The van der Waals surface area contributed by atoms with Crippen LogP contribution in [0, 0.1) is 10.1 Å². The second-order valence-corrected chi connectivity index (χ2v) is 8.69. The van der Waals surface area contributed by atoms with Gasteiger partial charge < -0.3 is 5.32 Å². The van der Waals surface area contributed by atoms with Gasteiger partial charge in [0.2, 0.25) is 15.9 Å². The van der Waals surface area contributed by atoms with E-state index in [0.29, 0.717) is 18.8 Å². The molecule has 0 aliphatic heterocycles. The molecule has 10 heteroatoms. The summed E-state index contributed by atoms with van der Waals surface area (Å²) in [4.78, 5) is 23.1. The summed E-state index contributed by atoms with van der Waals surface area (Å²) in [6, 6.07) is 12.0. The Hall–Kier alpha value is -2.43. The van der Waals surface area contributed by atoms with Crippen molar-refractivity contribution in [3.8, 4) is 0 Å². The first-order valence-corrected chi connectivity index (χ1v) is 11.0. The molecule has 0 radical (unpaired) electrons. The van der Waals surface area contributed by atoms with Crippen molar-refractivity contribution in [1.29, 1.82) is 0 Å². The van der Waals surface area contributed by atoms with Gasteiger partial charge >= 0.3 is 0 Å². The highest BCUT2D eigenvalue weighted by Crippen LogP contribution is 2.22. The van der Waals surface area contributed by atoms with Gasteiger partial charge in [-0.25, -0.2) is 8.42 Å². The zero-order valence-corrected chi connectivity index (χ0v) is 17.1. The van der Waals surface area contributed by atoms with E-state index in [1.54, 1.807) is 38.1 Å². The number of anilines is 1. The van der Waals surface area contributed by atoms with Crippen LogP contribution in [0.4, 0.5) is 11.4 Å². The number of rotatable bonds is 9. The molecule has 2 rings (SSSR count). The Kier molecular flexibility index (Phi) is 7.55. The minimum Gasteiger partial charge on any atom is -0.325 e. The Morgan fingerprint density at radius 3 is 2.14 bits per heavy atom. The van der Waals surface area contributed by atoms with Crippen LogP contribution in [0.1, 0.15) is 13.8 Å². The molecule has 8 nitrogen and oxygen atoms in total. The number of carbonyl (C=O) groups excluding carboxylic acids is 1. The molecule has 0 unspecified atom stereocenters. The number of benzene rings is 2. The molecule has 0 aliphatic carbocycles. The Morgan fingerprint density at radius 2 is 1.64 bits per heavy atom. The third-order valence-electron chi connectivity index (χ3n) is 3.90. The van der Waals surface area contributed by atoms with Crippen molar-refractivity contribution < 1.29 is 18.1 Å². The minimum absolute atomic E-state index is 0.00597. The summed E-state index contributed by atoms with van der Waals surface area (Å²) >= 11 is 1.25. The first-order valence-electron chi connectivity index (χ1n) is 8.55. The SMILES string of the molecule is CCN(CC)S(=O)(=O)c1ccc(NC(=O)CSc2ccc([N+](=O)[O-])cc2)cc1. The number of carbonyl (C=O) groups is 1. The van der Waals surface area contributed by atoms with Gasteiger partial charge in [0.25, 0.3) is 5.69 Å². The van der Waals surface area contributed by atoms with Gasteiger partial charge in [-0.3, -0.25) is 14.9 Å². The monoisotopic (exact) mass is 423 g/mol. The molecule has 0 atom stereocenters. The van der Waals surface area contributed by atoms with E-state index in [0.717, 1.165) is 4.90 Å². The van der Waals surface area contributed by atoms with Crippen molar-refractivity contribution in [3.63, 3.8) is 0 Å². The highest BCUT2D eigenvalue weighted by molar-refractivity contribution is 8.00. The Balaban J connectivity index is 1.94. The van der Waals surface area contributed by atoms with Crippen LogP contribution < -0.4 is 5.32 Å². The lowest BCUT2D eigenvalue weighted by Crippen LogP contribution is -2.30. The smallest absolute Gasteiger partial charge is 0.269 e. The standard InChI is InChI=1S/C18H21N3O5S2/c1-3-20(4-2)28(25,26)17-11-5-14(6-12-17)19-18(22)13-27-16-9-7-15(8-10-16)21(23)24/h5-12H,3-4,13H2,1-2H3,(H,19,22). The van der Waals surface area contributed by atoms with Crippen LogP contribution in [-0.2, 0) is 14.8 Å². The largest absolute Gasteiger partial charge is 0.325 e. The summed E-state index contributed by atoms with van der Waals surface area (Å²) in [5.74, 6) is -0.139. The van der Waals surface area contributed by atoms with Crippen molar-refractivity contribution in [1.82, 2.24) is 4.31 Å². The Labute approximate surface area is 168 Å². The molecular formula is C18H21N3O5S2. The molecule has 0 fully saturated rings. The summed E-state index contributed by atoms with van der Waals surface area (Å²) in [6.07, 6.45) is 0. The van der Waals surface area contributed by atoms with Crippen molar-refractivity contribution in [2.75, 3.05) is 24.2 Å². The first-order chi connectivity index (χ1) is 13.3. The van der Waals surface area contributed by atoms with Crippen molar-refractivity contribution in [2.24, 2.45) is 0 Å². The molecule has 2 aromatic carbocycles. The lowest BCUT2D eigenvalue weighted by molar-refractivity contribution is -0.384. The van der Waals surface area contributed by atoms with Crippen molar-refractivity contribution in [2.45, 2.75) is 23.6 Å². The second-order valence-electron chi connectivity index (χ2n) is 5.70. The molecule has 0 spiro atoms. The molecule has 28 heavy (non-hydrogen) atoms. The number of nitro benzene ring substituents is 1. The van der Waals surface area contributed by atoms with E-state index in [1.165, 1.54) is 40.3 Å². The lowest BCUT2D eigenvalue weighted by Gasteiger charge is -2.18. The van der Waals surface area contributed by atoms with Gasteiger partial charge in [0.15, 0.2) is 0 Å². The van der Waals surface area contributed by atoms with Crippen LogP contribution in [0.2, 0.25) is 0 Å². The Bertz CT molecular complexity index is 925. The van der Waals surface area contributed by atoms with Crippen LogP contribution in [0.5, 0.6) is 0 Å². The van der Waals surface area contributed by atoms with Crippen LogP contribution in [0.15, 0.2) is 58.3 Å². The van der Waals surface area contributed by atoms with E-state index < -0.39 is 14.9 Å². The average Bonchev–Trinajstić information content (AvgIpc) is 2.68. The zero-order valence-electron chi connectivity index (χ0n) is 15.5. The third kappa shape index (κ3) is 5.54. The lowest BCUT2D eigenvalue weighted by atomic mass is 10.3. The van der Waals surface area contributed by atoms with E-state index >= 15 is 0 Å². The molecule has 0 saturated carbocycles. The predicted octanol–water partition coefficient (Wildman–Crippen LogP) is 3.36. The molecule has 0 heterocycles. The third-order valence-corrected chi connectivity index (χ3v) is 6.97.